The Morgan fingerprint density at radius 2 is 1.74 bits per heavy atom. The average Bonchev–Trinajstić information content (AvgIpc) is 2.86. The number of benzene rings is 1. The van der Waals surface area contributed by atoms with Crippen molar-refractivity contribution in [2.24, 2.45) is 10.7 Å². The third kappa shape index (κ3) is 7.17. The summed E-state index contributed by atoms with van der Waals surface area (Å²) in [7, 11) is 0. The average molecular weight is 554 g/mol. The number of rotatable bonds is 9. The number of carboxylic acid groups (broad SMARTS) is 1. The van der Waals surface area contributed by atoms with Gasteiger partial charge in [0, 0.05) is 6.54 Å². The van der Waals surface area contributed by atoms with Gasteiger partial charge in [0.05, 0.1) is 0 Å². The molecule has 1 saturated heterocycles. The molecule has 0 bridgehead atoms. The number of carbonyl (C=O) groups is 2. The molecule has 3 rings (SSSR count). The molecule has 1 aliphatic rings. The number of amides is 1. The summed E-state index contributed by atoms with van der Waals surface area (Å²) in [6.07, 6.45) is -6.33. The van der Waals surface area contributed by atoms with Gasteiger partial charge in [0.15, 0.2) is 34.5 Å². The molecule has 1 aromatic carbocycles. The van der Waals surface area contributed by atoms with Gasteiger partial charge in [-0.2, -0.15) is 0 Å². The lowest BCUT2D eigenvalue weighted by atomic mass is 9.99. The van der Waals surface area contributed by atoms with E-state index in [2.05, 4.69) is 20.3 Å². The number of guanidine groups is 1. The maximum atomic E-state index is 12.2. The van der Waals surface area contributed by atoms with E-state index >= 15 is 0 Å². The van der Waals surface area contributed by atoms with Crippen LogP contribution in [-0.2, 0) is 16.0 Å². The maximum absolute atomic E-state index is 12.2. The number of aliphatic imine (C=N–C) groups is 1. The molecule has 38 heavy (non-hydrogen) atoms. The Labute approximate surface area is 221 Å². The molecule has 1 aromatic heterocycles. The molecule has 0 aliphatic carbocycles. The minimum Gasteiger partial charge on any atom is -0.479 e. The second-order valence-corrected chi connectivity index (χ2v) is 8.67. The summed E-state index contributed by atoms with van der Waals surface area (Å²) < 4.78 is 10.6. The van der Waals surface area contributed by atoms with Gasteiger partial charge >= 0.3 is 5.97 Å². The third-order valence-corrected chi connectivity index (χ3v) is 5.78. The first-order valence-corrected chi connectivity index (χ1v) is 11.7. The van der Waals surface area contributed by atoms with Crippen LogP contribution in [0.15, 0.2) is 29.3 Å². The van der Waals surface area contributed by atoms with Gasteiger partial charge in [-0.15, -0.1) is 0 Å². The molecule has 0 radical (unpaired) electrons. The summed E-state index contributed by atoms with van der Waals surface area (Å²) in [5.41, 5.74) is 17.6. The Morgan fingerprint density at radius 3 is 2.39 bits per heavy atom. The zero-order valence-electron chi connectivity index (χ0n) is 19.9. The summed E-state index contributed by atoms with van der Waals surface area (Å²) in [5.74, 6) is -2.37. The number of nitrogens with two attached hydrogens (primary N) is 3. The van der Waals surface area contributed by atoms with Crippen LogP contribution in [0.4, 0.5) is 11.6 Å². The molecule has 1 aliphatic heterocycles. The summed E-state index contributed by atoms with van der Waals surface area (Å²) >= 11 is 5.76. The zero-order chi connectivity index (χ0) is 28.0. The fourth-order valence-electron chi connectivity index (χ4n) is 3.48. The first-order chi connectivity index (χ1) is 18.0. The first kappa shape index (κ1) is 28.8. The largest absolute Gasteiger partial charge is 0.479 e. The molecule has 16 heteroatoms. The highest BCUT2D eigenvalue weighted by Gasteiger charge is 2.48. The van der Waals surface area contributed by atoms with E-state index in [0.717, 1.165) is 12.0 Å². The van der Waals surface area contributed by atoms with E-state index in [9.17, 15) is 24.9 Å². The fourth-order valence-corrected chi connectivity index (χ4v) is 3.61. The van der Waals surface area contributed by atoms with Crippen molar-refractivity contribution >= 4 is 41.1 Å². The zero-order valence-corrected chi connectivity index (χ0v) is 20.7. The first-order valence-electron chi connectivity index (χ1n) is 11.4. The topological polar surface area (TPSA) is 262 Å². The van der Waals surface area contributed by atoms with Gasteiger partial charge < -0.3 is 47.1 Å². The van der Waals surface area contributed by atoms with Crippen LogP contribution in [0.25, 0.3) is 0 Å². The Balaban J connectivity index is 1.43. The van der Waals surface area contributed by atoms with Gasteiger partial charge in [0.25, 0.3) is 5.91 Å². The molecule has 1 unspecified atom stereocenters. The van der Waals surface area contributed by atoms with E-state index in [1.807, 2.05) is 0 Å². The minimum atomic E-state index is -1.79. The molecule has 15 nitrogen and oxygen atoms in total. The van der Waals surface area contributed by atoms with Crippen molar-refractivity contribution in [3.8, 4) is 5.75 Å². The van der Waals surface area contributed by atoms with Crippen molar-refractivity contribution in [3.63, 3.8) is 0 Å². The molecular weight excluding hydrogens is 526 g/mol. The predicted molar refractivity (Wildman–Crippen MR) is 134 cm³/mol. The highest BCUT2D eigenvalue weighted by Crippen LogP contribution is 2.25. The number of nitrogen functional groups attached to an aromatic ring is 2. The van der Waals surface area contributed by atoms with Crippen LogP contribution >= 0.6 is 11.6 Å². The number of hydrogen-bond donors (Lipinski definition) is 8. The summed E-state index contributed by atoms with van der Waals surface area (Å²) in [4.78, 5) is 35.0. The number of carbonyl (C=O) groups excluding carboxylic acids is 1. The van der Waals surface area contributed by atoms with Gasteiger partial charge in [-0.05, 0) is 37.0 Å². The lowest BCUT2D eigenvalue weighted by Gasteiger charge is -2.38. The summed E-state index contributed by atoms with van der Waals surface area (Å²) in [6, 6.07) is 6.74. The SMILES string of the molecule is NC(=NCCCCc1ccc(OC2O[C@H](C(=O)O)[C@@H](O)[C@H](O)[C@H]2O)cc1)NC(=O)c1nc(Cl)c(N)nc1N. The van der Waals surface area contributed by atoms with Crippen molar-refractivity contribution in [1.82, 2.24) is 15.3 Å². The van der Waals surface area contributed by atoms with Gasteiger partial charge in [-0.3, -0.25) is 15.1 Å². The Hall–Kier alpha value is -3.76. The number of carboxylic acids is 1. The molecule has 0 saturated carbocycles. The highest BCUT2D eigenvalue weighted by molar-refractivity contribution is 6.31. The standard InChI is InChI=1S/C22H28ClN7O8/c23-16-18(25)29-17(24)11(28-16)19(34)30-22(26)27-8-2-1-3-9-4-6-10(7-5-9)37-21-14(33)12(31)13(32)15(38-21)20(35)36/h4-7,12-15,21,31-33H,1-3,8H2,(H,35,36)(H4,24,25,29)(H3,26,27,30,34)/t12-,13-,14+,15-,21?/m0/s1. The number of halogens is 1. The molecule has 2 aromatic rings. The smallest absolute Gasteiger partial charge is 0.335 e. The number of anilines is 2. The van der Waals surface area contributed by atoms with E-state index in [4.69, 9.17) is 43.4 Å². The minimum absolute atomic E-state index is 0.101. The van der Waals surface area contributed by atoms with Crippen molar-refractivity contribution in [2.45, 2.75) is 50.0 Å². The molecule has 1 amide bonds. The van der Waals surface area contributed by atoms with E-state index in [0.29, 0.717) is 19.4 Å². The lowest BCUT2D eigenvalue weighted by molar-refractivity contribution is -0.271. The van der Waals surface area contributed by atoms with Crippen molar-refractivity contribution in [1.29, 1.82) is 0 Å². The normalized spacial score (nSPS) is 23.6. The van der Waals surface area contributed by atoms with Gasteiger partial charge in [-0.25, -0.2) is 14.8 Å². The highest BCUT2D eigenvalue weighted by atomic mass is 35.5. The van der Waals surface area contributed by atoms with Crippen LogP contribution in [-0.4, -0.2) is 85.5 Å². The Kier molecular flexibility index (Phi) is 9.60. The quantitative estimate of drug-likeness (QED) is 0.101. The maximum Gasteiger partial charge on any atom is 0.335 e. The molecular formula is C22H28ClN7O8. The third-order valence-electron chi connectivity index (χ3n) is 5.51. The summed E-state index contributed by atoms with van der Waals surface area (Å²) in [6.45, 7) is 0.340. The van der Waals surface area contributed by atoms with Crippen LogP contribution in [0.5, 0.6) is 5.75 Å². The molecule has 1 fully saturated rings. The van der Waals surface area contributed by atoms with Crippen molar-refractivity contribution in [3.05, 3.63) is 40.7 Å². The van der Waals surface area contributed by atoms with Crippen LogP contribution in [0, 0.1) is 0 Å². The van der Waals surface area contributed by atoms with Crippen LogP contribution in [0.2, 0.25) is 5.15 Å². The number of nitrogens with zero attached hydrogens (tertiary/aromatic N) is 3. The molecule has 0 spiro atoms. The lowest BCUT2D eigenvalue weighted by Crippen LogP contribution is -2.61. The number of aliphatic carboxylic acids is 1. The second kappa shape index (κ2) is 12.7. The number of aromatic nitrogens is 2. The Bertz CT molecular complexity index is 1180. The van der Waals surface area contributed by atoms with Gasteiger partial charge in [-0.1, -0.05) is 23.7 Å². The molecule has 5 atom stereocenters. The number of unbranched alkanes of at least 4 members (excludes halogenated alkanes) is 1. The number of aryl methyl sites for hydroxylation is 1. The van der Waals surface area contributed by atoms with Crippen LogP contribution < -0.4 is 27.3 Å². The molecule has 11 N–H and O–H groups in total. The Morgan fingerprint density at radius 1 is 1.05 bits per heavy atom. The van der Waals surface area contributed by atoms with Crippen molar-refractivity contribution in [2.75, 3.05) is 18.0 Å². The predicted octanol–water partition coefficient (Wildman–Crippen LogP) is -1.37. The van der Waals surface area contributed by atoms with E-state index in [1.54, 1.807) is 24.3 Å². The number of nitrogens with one attached hydrogen (secondary N) is 1. The van der Waals surface area contributed by atoms with Crippen molar-refractivity contribution < 1.29 is 39.5 Å². The number of aliphatic hydroxyl groups is 3. The number of hydrogen-bond acceptors (Lipinski definition) is 12. The van der Waals surface area contributed by atoms with Gasteiger partial charge in [0.2, 0.25) is 6.29 Å². The number of ether oxygens (including phenoxy) is 2. The van der Waals surface area contributed by atoms with Crippen LogP contribution in [0.3, 0.4) is 0 Å². The summed E-state index contributed by atoms with van der Waals surface area (Å²) in [5, 5.41) is 41.0. The second-order valence-electron chi connectivity index (χ2n) is 8.31. The van der Waals surface area contributed by atoms with E-state index < -0.39 is 42.6 Å². The van der Waals surface area contributed by atoms with E-state index in [-0.39, 0.29) is 34.2 Å². The molecule has 206 valence electrons. The van der Waals surface area contributed by atoms with Gasteiger partial charge in [0.1, 0.15) is 24.1 Å². The monoisotopic (exact) mass is 553 g/mol. The van der Waals surface area contributed by atoms with E-state index in [1.165, 1.54) is 0 Å². The number of aliphatic hydroxyl groups excluding tert-OH is 3. The molecule has 2 heterocycles. The fraction of sp³-hybridized carbons (Fsp3) is 0.409. The van der Waals surface area contributed by atoms with Crippen LogP contribution in [0.1, 0.15) is 28.9 Å².